The molecule has 1 aliphatic rings. The zero-order chi connectivity index (χ0) is 12.1. The summed E-state index contributed by atoms with van der Waals surface area (Å²) in [6.07, 6.45) is 9.99. The van der Waals surface area contributed by atoms with Crippen LogP contribution in [0.15, 0.2) is 23.0 Å². The molecule has 0 aromatic carbocycles. The Labute approximate surface area is 102 Å². The topological polar surface area (TPSA) is 39.4 Å². The van der Waals surface area contributed by atoms with Gasteiger partial charge in [0.2, 0.25) is 0 Å². The molecule has 0 unspecified atom stereocenters. The van der Waals surface area contributed by atoms with Crippen molar-refractivity contribution >= 4 is 5.78 Å². The van der Waals surface area contributed by atoms with Crippen molar-refractivity contribution < 1.29 is 13.9 Å². The standard InChI is InChI=1S/C14H20O3/c1-16-14(7-4-2-3-5-8-14)13(15)10-12-6-9-17-11-12/h6,9,11H,2-5,7-8,10H2,1H3. The van der Waals surface area contributed by atoms with E-state index in [9.17, 15) is 4.79 Å². The van der Waals surface area contributed by atoms with Gasteiger partial charge >= 0.3 is 0 Å². The highest BCUT2D eigenvalue weighted by Crippen LogP contribution is 2.31. The van der Waals surface area contributed by atoms with E-state index in [0.29, 0.717) is 6.42 Å². The number of carbonyl (C=O) groups is 1. The van der Waals surface area contributed by atoms with Gasteiger partial charge in [-0.2, -0.15) is 0 Å². The van der Waals surface area contributed by atoms with Crippen molar-refractivity contribution in [2.75, 3.05) is 7.11 Å². The number of furan rings is 1. The summed E-state index contributed by atoms with van der Waals surface area (Å²) >= 11 is 0. The van der Waals surface area contributed by atoms with Gasteiger partial charge in [-0.1, -0.05) is 25.7 Å². The van der Waals surface area contributed by atoms with E-state index in [4.69, 9.17) is 9.15 Å². The molecule has 3 heteroatoms. The number of ketones is 1. The normalized spacial score (nSPS) is 19.8. The van der Waals surface area contributed by atoms with Crippen LogP contribution in [-0.2, 0) is 16.0 Å². The Kier molecular flexibility index (Phi) is 4.00. The largest absolute Gasteiger partial charge is 0.472 e. The highest BCUT2D eigenvalue weighted by atomic mass is 16.5. The van der Waals surface area contributed by atoms with Crippen molar-refractivity contribution in [3.05, 3.63) is 24.2 Å². The molecule has 0 bridgehead atoms. The molecule has 0 saturated heterocycles. The molecule has 17 heavy (non-hydrogen) atoms. The van der Waals surface area contributed by atoms with Crippen LogP contribution in [0.5, 0.6) is 0 Å². The second-order valence-electron chi connectivity index (χ2n) is 4.84. The maximum absolute atomic E-state index is 12.4. The van der Waals surface area contributed by atoms with Gasteiger partial charge in [0, 0.05) is 13.5 Å². The molecule has 0 atom stereocenters. The summed E-state index contributed by atoms with van der Waals surface area (Å²) in [7, 11) is 1.67. The lowest BCUT2D eigenvalue weighted by atomic mass is 9.86. The number of hydrogen-bond donors (Lipinski definition) is 0. The minimum Gasteiger partial charge on any atom is -0.472 e. The monoisotopic (exact) mass is 236 g/mol. The zero-order valence-electron chi connectivity index (χ0n) is 10.4. The highest BCUT2D eigenvalue weighted by molar-refractivity contribution is 5.89. The van der Waals surface area contributed by atoms with Crippen LogP contribution in [-0.4, -0.2) is 18.5 Å². The minimum absolute atomic E-state index is 0.198. The molecule has 1 aromatic rings. The predicted octanol–water partition coefficient (Wildman–Crippen LogP) is 3.13. The predicted molar refractivity (Wildman–Crippen MR) is 64.9 cm³/mol. The van der Waals surface area contributed by atoms with Crippen molar-refractivity contribution in [3.8, 4) is 0 Å². The average Bonchev–Trinajstić information content (AvgIpc) is 2.72. The lowest BCUT2D eigenvalue weighted by molar-refractivity contribution is -0.142. The molecule has 94 valence electrons. The fourth-order valence-electron chi connectivity index (χ4n) is 2.64. The maximum Gasteiger partial charge on any atom is 0.169 e. The second-order valence-corrected chi connectivity index (χ2v) is 4.84. The lowest BCUT2D eigenvalue weighted by Crippen LogP contribution is -2.41. The van der Waals surface area contributed by atoms with E-state index < -0.39 is 5.60 Å². The van der Waals surface area contributed by atoms with Crippen LogP contribution in [0.1, 0.15) is 44.1 Å². The van der Waals surface area contributed by atoms with Gasteiger partial charge in [0.15, 0.2) is 5.78 Å². The van der Waals surface area contributed by atoms with Crippen LogP contribution < -0.4 is 0 Å². The first-order valence-corrected chi connectivity index (χ1v) is 6.36. The molecule has 0 amide bonds. The van der Waals surface area contributed by atoms with Crippen LogP contribution in [0.3, 0.4) is 0 Å². The molecule has 1 fully saturated rings. The first-order valence-electron chi connectivity index (χ1n) is 6.36. The average molecular weight is 236 g/mol. The van der Waals surface area contributed by atoms with Gasteiger partial charge in [-0.25, -0.2) is 0 Å². The number of ether oxygens (including phenoxy) is 1. The second kappa shape index (κ2) is 5.50. The first-order chi connectivity index (χ1) is 8.27. The van der Waals surface area contributed by atoms with Gasteiger partial charge in [0.1, 0.15) is 5.60 Å². The van der Waals surface area contributed by atoms with Crippen molar-refractivity contribution in [1.29, 1.82) is 0 Å². The zero-order valence-corrected chi connectivity index (χ0v) is 10.4. The molecular weight excluding hydrogens is 216 g/mol. The molecule has 0 aliphatic heterocycles. The molecule has 0 radical (unpaired) electrons. The number of hydrogen-bond acceptors (Lipinski definition) is 3. The smallest absolute Gasteiger partial charge is 0.169 e. The summed E-state index contributed by atoms with van der Waals surface area (Å²) in [5.41, 5.74) is 0.393. The fraction of sp³-hybridized carbons (Fsp3) is 0.643. The van der Waals surface area contributed by atoms with Crippen molar-refractivity contribution in [3.63, 3.8) is 0 Å². The Morgan fingerprint density at radius 1 is 1.35 bits per heavy atom. The van der Waals surface area contributed by atoms with E-state index in [-0.39, 0.29) is 5.78 Å². The number of methoxy groups -OCH3 is 1. The Balaban J connectivity index is 2.07. The first kappa shape index (κ1) is 12.4. The van der Waals surface area contributed by atoms with Crippen molar-refractivity contribution in [2.24, 2.45) is 0 Å². The van der Waals surface area contributed by atoms with Crippen LogP contribution in [0.25, 0.3) is 0 Å². The molecule has 1 aliphatic carbocycles. The number of carbonyl (C=O) groups excluding carboxylic acids is 1. The van der Waals surface area contributed by atoms with E-state index in [2.05, 4.69) is 0 Å². The minimum atomic E-state index is -0.548. The van der Waals surface area contributed by atoms with Gasteiger partial charge in [-0.3, -0.25) is 4.79 Å². The lowest BCUT2D eigenvalue weighted by Gasteiger charge is -2.29. The molecule has 3 nitrogen and oxygen atoms in total. The summed E-state index contributed by atoms with van der Waals surface area (Å²) < 4.78 is 10.6. The van der Waals surface area contributed by atoms with Crippen molar-refractivity contribution in [2.45, 2.75) is 50.5 Å². The Morgan fingerprint density at radius 2 is 2.06 bits per heavy atom. The van der Waals surface area contributed by atoms with Gasteiger partial charge in [-0.15, -0.1) is 0 Å². The molecule has 0 N–H and O–H groups in total. The van der Waals surface area contributed by atoms with Gasteiger partial charge in [0.25, 0.3) is 0 Å². The number of rotatable bonds is 4. The van der Waals surface area contributed by atoms with Gasteiger partial charge in [0.05, 0.1) is 12.5 Å². The molecule has 0 spiro atoms. The van der Waals surface area contributed by atoms with Crippen LogP contribution in [0.2, 0.25) is 0 Å². The van der Waals surface area contributed by atoms with Crippen LogP contribution in [0.4, 0.5) is 0 Å². The Bertz CT molecular complexity index is 346. The third kappa shape index (κ3) is 2.78. The molecular formula is C14H20O3. The van der Waals surface area contributed by atoms with Crippen molar-refractivity contribution in [1.82, 2.24) is 0 Å². The van der Waals surface area contributed by atoms with Crippen LogP contribution >= 0.6 is 0 Å². The van der Waals surface area contributed by atoms with E-state index in [0.717, 1.165) is 31.2 Å². The SMILES string of the molecule is COC1(C(=O)Cc2ccoc2)CCCCCC1. The third-order valence-corrected chi connectivity index (χ3v) is 3.75. The molecule has 1 heterocycles. The van der Waals surface area contributed by atoms with Gasteiger partial charge < -0.3 is 9.15 Å². The highest BCUT2D eigenvalue weighted by Gasteiger charge is 2.37. The Morgan fingerprint density at radius 3 is 2.59 bits per heavy atom. The van der Waals surface area contributed by atoms with E-state index >= 15 is 0 Å². The van der Waals surface area contributed by atoms with Crippen LogP contribution in [0, 0.1) is 0 Å². The maximum atomic E-state index is 12.4. The van der Waals surface area contributed by atoms with E-state index in [1.807, 2.05) is 6.07 Å². The molecule has 1 aromatic heterocycles. The molecule has 1 saturated carbocycles. The quantitative estimate of drug-likeness (QED) is 0.754. The summed E-state index contributed by atoms with van der Waals surface area (Å²) in [5, 5.41) is 0. The molecule has 2 rings (SSSR count). The number of Topliss-reactive ketones (excluding diaryl/α,β-unsaturated/α-hetero) is 1. The fourth-order valence-corrected chi connectivity index (χ4v) is 2.64. The summed E-state index contributed by atoms with van der Waals surface area (Å²) in [6, 6.07) is 1.85. The summed E-state index contributed by atoms with van der Waals surface area (Å²) in [4.78, 5) is 12.4. The van der Waals surface area contributed by atoms with E-state index in [1.54, 1.807) is 19.6 Å². The van der Waals surface area contributed by atoms with E-state index in [1.165, 1.54) is 12.8 Å². The van der Waals surface area contributed by atoms with Gasteiger partial charge in [-0.05, 0) is 24.5 Å². The summed E-state index contributed by atoms with van der Waals surface area (Å²) in [5.74, 6) is 0.198. The summed E-state index contributed by atoms with van der Waals surface area (Å²) in [6.45, 7) is 0. The third-order valence-electron chi connectivity index (χ3n) is 3.75. The Hall–Kier alpha value is -1.09.